The topological polar surface area (TPSA) is 102 Å². The molecule has 2 N–H and O–H groups in total. The van der Waals surface area contributed by atoms with Gasteiger partial charge in [0.15, 0.2) is 17.3 Å². The van der Waals surface area contributed by atoms with Gasteiger partial charge in [-0.05, 0) is 49.2 Å². The number of aromatic carboxylic acids is 1. The van der Waals surface area contributed by atoms with Crippen LogP contribution in [0.25, 0.3) is 0 Å². The lowest BCUT2D eigenvalue weighted by atomic mass is 10.1. The van der Waals surface area contributed by atoms with E-state index in [1.54, 1.807) is 30.3 Å². The van der Waals surface area contributed by atoms with Crippen LogP contribution in [-0.4, -0.2) is 36.5 Å². The van der Waals surface area contributed by atoms with E-state index in [1.807, 2.05) is 0 Å². The van der Waals surface area contributed by atoms with Crippen LogP contribution in [0.2, 0.25) is 0 Å². The number of ether oxygens (including phenoxy) is 2. The molecule has 0 heterocycles. The smallest absolute Gasteiger partial charge is 0.335 e. The van der Waals surface area contributed by atoms with Crippen molar-refractivity contribution >= 4 is 17.7 Å². The monoisotopic (exact) mass is 385 g/mol. The van der Waals surface area contributed by atoms with Crippen LogP contribution in [0, 0.1) is 0 Å². The highest BCUT2D eigenvalue weighted by Crippen LogP contribution is 2.28. The number of benzene rings is 2. The maximum Gasteiger partial charge on any atom is 0.335 e. The van der Waals surface area contributed by atoms with Crippen molar-refractivity contribution in [3.8, 4) is 11.5 Å². The van der Waals surface area contributed by atoms with E-state index < -0.39 is 5.97 Å². The number of carboxylic acids is 1. The standard InChI is InChI=1S/C21H23NO6/c1-14(23)17-9-10-18(19(12-17)27-2)28-11-3-4-20(24)22-13-15-5-7-16(8-6-15)21(25)26/h5-10,12H,3-4,11,13H2,1-2H3,(H,22,24)(H,25,26). The maximum absolute atomic E-state index is 11.9. The fraction of sp³-hybridized carbons (Fsp3) is 0.286. The van der Waals surface area contributed by atoms with Gasteiger partial charge in [0.1, 0.15) is 0 Å². The zero-order valence-corrected chi connectivity index (χ0v) is 15.9. The molecule has 0 aliphatic carbocycles. The number of hydrogen-bond donors (Lipinski definition) is 2. The van der Waals surface area contributed by atoms with Crippen molar-refractivity contribution in [2.24, 2.45) is 0 Å². The molecule has 0 aliphatic heterocycles. The minimum Gasteiger partial charge on any atom is -0.493 e. The molecule has 0 fully saturated rings. The van der Waals surface area contributed by atoms with E-state index in [0.29, 0.717) is 43.1 Å². The SMILES string of the molecule is COc1cc(C(C)=O)ccc1OCCCC(=O)NCc1ccc(C(=O)O)cc1. The van der Waals surface area contributed by atoms with Crippen molar-refractivity contribution in [2.75, 3.05) is 13.7 Å². The first-order chi connectivity index (χ1) is 13.4. The van der Waals surface area contributed by atoms with Crippen LogP contribution < -0.4 is 14.8 Å². The number of Topliss-reactive ketones (excluding diaryl/α,β-unsaturated/α-hetero) is 1. The van der Waals surface area contributed by atoms with Gasteiger partial charge < -0.3 is 19.9 Å². The first kappa shape index (κ1) is 21.0. The molecular weight excluding hydrogens is 362 g/mol. The molecule has 7 nitrogen and oxygen atoms in total. The molecule has 0 spiro atoms. The lowest BCUT2D eigenvalue weighted by molar-refractivity contribution is -0.121. The minimum atomic E-state index is -0.983. The van der Waals surface area contributed by atoms with Crippen molar-refractivity contribution in [3.63, 3.8) is 0 Å². The lowest BCUT2D eigenvalue weighted by Gasteiger charge is -2.11. The molecule has 0 unspecified atom stereocenters. The fourth-order valence-corrected chi connectivity index (χ4v) is 2.47. The molecule has 148 valence electrons. The van der Waals surface area contributed by atoms with Gasteiger partial charge >= 0.3 is 5.97 Å². The lowest BCUT2D eigenvalue weighted by Crippen LogP contribution is -2.23. The zero-order chi connectivity index (χ0) is 20.5. The van der Waals surface area contributed by atoms with Gasteiger partial charge in [-0.3, -0.25) is 9.59 Å². The van der Waals surface area contributed by atoms with Gasteiger partial charge in [-0.25, -0.2) is 4.79 Å². The summed E-state index contributed by atoms with van der Waals surface area (Å²) in [5.74, 6) is -0.166. The number of amides is 1. The third-order valence-electron chi connectivity index (χ3n) is 4.07. The van der Waals surface area contributed by atoms with Crippen LogP contribution in [-0.2, 0) is 11.3 Å². The second-order valence-electron chi connectivity index (χ2n) is 6.15. The summed E-state index contributed by atoms with van der Waals surface area (Å²) in [5.41, 5.74) is 1.57. The average Bonchev–Trinajstić information content (AvgIpc) is 2.69. The van der Waals surface area contributed by atoms with E-state index >= 15 is 0 Å². The maximum atomic E-state index is 11.9. The number of methoxy groups -OCH3 is 1. The Hall–Kier alpha value is -3.35. The molecule has 7 heteroatoms. The first-order valence-electron chi connectivity index (χ1n) is 8.81. The summed E-state index contributed by atoms with van der Waals surface area (Å²) in [4.78, 5) is 34.1. The Balaban J connectivity index is 1.73. The molecule has 0 saturated carbocycles. The first-order valence-corrected chi connectivity index (χ1v) is 8.81. The molecule has 2 aromatic carbocycles. The van der Waals surface area contributed by atoms with Crippen molar-refractivity contribution < 1.29 is 29.0 Å². The molecule has 2 aromatic rings. The Labute approximate surface area is 163 Å². The number of ketones is 1. The van der Waals surface area contributed by atoms with Crippen molar-refractivity contribution in [1.82, 2.24) is 5.32 Å². The van der Waals surface area contributed by atoms with E-state index in [4.69, 9.17) is 14.6 Å². The molecule has 0 aromatic heterocycles. The summed E-state index contributed by atoms with van der Waals surface area (Å²) in [6.45, 7) is 2.14. The third kappa shape index (κ3) is 6.12. The predicted octanol–water partition coefficient (Wildman–Crippen LogP) is 3.07. The van der Waals surface area contributed by atoms with E-state index in [-0.39, 0.29) is 17.3 Å². The van der Waals surface area contributed by atoms with E-state index in [0.717, 1.165) is 5.56 Å². The normalized spacial score (nSPS) is 10.2. The zero-order valence-electron chi connectivity index (χ0n) is 15.9. The molecular formula is C21H23NO6. The number of rotatable bonds is 10. The Morgan fingerprint density at radius 2 is 1.68 bits per heavy atom. The molecule has 28 heavy (non-hydrogen) atoms. The van der Waals surface area contributed by atoms with E-state index in [2.05, 4.69) is 5.32 Å². The summed E-state index contributed by atoms with van der Waals surface area (Å²) in [7, 11) is 1.50. The van der Waals surface area contributed by atoms with Gasteiger partial charge in [-0.2, -0.15) is 0 Å². The van der Waals surface area contributed by atoms with Gasteiger partial charge in [-0.15, -0.1) is 0 Å². The Kier molecular flexibility index (Phi) is 7.56. The molecule has 0 radical (unpaired) electrons. The van der Waals surface area contributed by atoms with Gasteiger partial charge in [0, 0.05) is 18.5 Å². The van der Waals surface area contributed by atoms with Crippen molar-refractivity contribution in [3.05, 3.63) is 59.2 Å². The van der Waals surface area contributed by atoms with Crippen LogP contribution >= 0.6 is 0 Å². The molecule has 0 bridgehead atoms. The number of carbonyl (C=O) groups is 3. The van der Waals surface area contributed by atoms with Gasteiger partial charge in [-0.1, -0.05) is 12.1 Å². The highest BCUT2D eigenvalue weighted by atomic mass is 16.5. The summed E-state index contributed by atoms with van der Waals surface area (Å²) in [5, 5.41) is 11.6. The highest BCUT2D eigenvalue weighted by Gasteiger charge is 2.09. The average molecular weight is 385 g/mol. The Morgan fingerprint density at radius 1 is 1.00 bits per heavy atom. The van der Waals surface area contributed by atoms with E-state index in [9.17, 15) is 14.4 Å². The predicted molar refractivity (Wildman–Crippen MR) is 103 cm³/mol. The second-order valence-corrected chi connectivity index (χ2v) is 6.15. The Morgan fingerprint density at radius 3 is 2.29 bits per heavy atom. The fourth-order valence-electron chi connectivity index (χ4n) is 2.47. The van der Waals surface area contributed by atoms with Gasteiger partial charge in [0.05, 0.1) is 19.3 Å². The second kappa shape index (κ2) is 10.1. The number of carbonyl (C=O) groups excluding carboxylic acids is 2. The van der Waals surface area contributed by atoms with Crippen molar-refractivity contribution in [1.29, 1.82) is 0 Å². The largest absolute Gasteiger partial charge is 0.493 e. The van der Waals surface area contributed by atoms with Gasteiger partial charge in [0.2, 0.25) is 5.91 Å². The summed E-state index contributed by atoms with van der Waals surface area (Å²) in [6, 6.07) is 11.3. The molecule has 0 saturated heterocycles. The van der Waals surface area contributed by atoms with Crippen LogP contribution in [0.15, 0.2) is 42.5 Å². The van der Waals surface area contributed by atoms with Crippen LogP contribution in [0.1, 0.15) is 46.0 Å². The number of nitrogens with one attached hydrogen (secondary N) is 1. The summed E-state index contributed by atoms with van der Waals surface area (Å²) < 4.78 is 10.9. The van der Waals surface area contributed by atoms with Crippen LogP contribution in [0.3, 0.4) is 0 Å². The minimum absolute atomic E-state index is 0.0564. The number of hydrogen-bond acceptors (Lipinski definition) is 5. The summed E-state index contributed by atoms with van der Waals surface area (Å²) in [6.07, 6.45) is 0.808. The molecule has 1 amide bonds. The quantitative estimate of drug-likeness (QED) is 0.481. The third-order valence-corrected chi connectivity index (χ3v) is 4.07. The molecule has 0 aliphatic rings. The number of carboxylic acid groups (broad SMARTS) is 1. The Bertz CT molecular complexity index is 844. The highest BCUT2D eigenvalue weighted by molar-refractivity contribution is 5.94. The van der Waals surface area contributed by atoms with Crippen LogP contribution in [0.5, 0.6) is 11.5 Å². The molecule has 0 atom stereocenters. The van der Waals surface area contributed by atoms with Crippen molar-refractivity contribution in [2.45, 2.75) is 26.3 Å². The van der Waals surface area contributed by atoms with Gasteiger partial charge in [0.25, 0.3) is 0 Å². The van der Waals surface area contributed by atoms with E-state index in [1.165, 1.54) is 26.2 Å². The van der Waals surface area contributed by atoms with Crippen LogP contribution in [0.4, 0.5) is 0 Å². The summed E-state index contributed by atoms with van der Waals surface area (Å²) >= 11 is 0. The molecule has 2 rings (SSSR count).